The third-order valence-electron chi connectivity index (χ3n) is 4.25. The number of carbonyl (C=O) groups excluding carboxylic acids is 1. The zero-order chi connectivity index (χ0) is 19.2. The molecular weight excluding hydrogens is 345 g/mol. The summed E-state index contributed by atoms with van der Waals surface area (Å²) >= 11 is 0. The van der Waals surface area contributed by atoms with Crippen LogP contribution in [-0.2, 0) is 24.3 Å². The highest BCUT2D eigenvalue weighted by molar-refractivity contribution is 5.75. The topological polar surface area (TPSA) is 64.0 Å². The van der Waals surface area contributed by atoms with Crippen LogP contribution in [0, 0.1) is 5.82 Å². The van der Waals surface area contributed by atoms with Gasteiger partial charge in [0.2, 0.25) is 5.91 Å². The molecule has 6 heteroatoms. The van der Waals surface area contributed by atoms with E-state index in [-0.39, 0.29) is 24.5 Å². The summed E-state index contributed by atoms with van der Waals surface area (Å²) in [5, 5.41) is 6.89. The number of hydrogen-bond donors (Lipinski definition) is 1. The number of amides is 1. The maximum atomic E-state index is 13.6. The molecule has 0 saturated carbocycles. The lowest BCUT2D eigenvalue weighted by Crippen LogP contribution is -2.33. The first-order valence-corrected chi connectivity index (χ1v) is 8.74. The third-order valence-corrected chi connectivity index (χ3v) is 4.25. The quantitative estimate of drug-likeness (QED) is 0.731. The van der Waals surface area contributed by atoms with Crippen LogP contribution in [0.25, 0.3) is 11.3 Å². The SMILES string of the molecule is CCc1ccc(-c2ccc(=O)n(CC(=O)NCc3ccccc3F)n2)cc1. The van der Waals surface area contributed by atoms with Crippen LogP contribution in [0.5, 0.6) is 0 Å². The molecule has 0 spiro atoms. The largest absolute Gasteiger partial charge is 0.350 e. The molecule has 2 aromatic carbocycles. The molecule has 0 fully saturated rings. The van der Waals surface area contributed by atoms with Gasteiger partial charge in [0.25, 0.3) is 5.56 Å². The van der Waals surface area contributed by atoms with Crippen LogP contribution in [0.15, 0.2) is 65.5 Å². The average molecular weight is 365 g/mol. The van der Waals surface area contributed by atoms with Crippen molar-refractivity contribution in [3.05, 3.63) is 88.0 Å². The molecule has 0 bridgehead atoms. The molecule has 1 N–H and O–H groups in total. The Hall–Kier alpha value is -3.28. The molecule has 5 nitrogen and oxygen atoms in total. The first kappa shape index (κ1) is 18.5. The zero-order valence-electron chi connectivity index (χ0n) is 15.0. The number of nitrogens with zero attached hydrogens (tertiary/aromatic N) is 2. The van der Waals surface area contributed by atoms with Crippen LogP contribution in [0.3, 0.4) is 0 Å². The Kier molecular flexibility index (Phi) is 5.76. The van der Waals surface area contributed by atoms with Gasteiger partial charge in [0.15, 0.2) is 0 Å². The van der Waals surface area contributed by atoms with Gasteiger partial charge in [-0.2, -0.15) is 5.10 Å². The van der Waals surface area contributed by atoms with Gasteiger partial charge in [0.1, 0.15) is 12.4 Å². The summed E-state index contributed by atoms with van der Waals surface area (Å²) in [5.41, 5.74) is 2.70. The fraction of sp³-hybridized carbons (Fsp3) is 0.190. The second-order valence-electron chi connectivity index (χ2n) is 6.13. The molecule has 0 atom stereocenters. The van der Waals surface area contributed by atoms with E-state index in [1.54, 1.807) is 24.3 Å². The smallest absolute Gasteiger partial charge is 0.267 e. The fourth-order valence-corrected chi connectivity index (χ4v) is 2.65. The van der Waals surface area contributed by atoms with E-state index in [1.165, 1.54) is 17.7 Å². The van der Waals surface area contributed by atoms with Crippen molar-refractivity contribution in [2.45, 2.75) is 26.4 Å². The van der Waals surface area contributed by atoms with E-state index >= 15 is 0 Å². The van der Waals surface area contributed by atoms with Crippen LogP contribution in [0.1, 0.15) is 18.1 Å². The summed E-state index contributed by atoms with van der Waals surface area (Å²) in [4.78, 5) is 24.2. The standard InChI is InChI=1S/C21H20FN3O2/c1-2-15-7-9-16(10-8-15)19-11-12-21(27)25(24-19)14-20(26)23-13-17-5-3-4-6-18(17)22/h3-12H,2,13-14H2,1H3,(H,23,26). The van der Waals surface area contributed by atoms with E-state index in [4.69, 9.17) is 0 Å². The molecule has 0 aliphatic heterocycles. The third kappa shape index (κ3) is 4.67. The van der Waals surface area contributed by atoms with Crippen LogP contribution in [-0.4, -0.2) is 15.7 Å². The van der Waals surface area contributed by atoms with Crippen LogP contribution < -0.4 is 10.9 Å². The molecule has 27 heavy (non-hydrogen) atoms. The molecule has 3 aromatic rings. The highest BCUT2D eigenvalue weighted by atomic mass is 19.1. The zero-order valence-corrected chi connectivity index (χ0v) is 15.0. The minimum Gasteiger partial charge on any atom is -0.350 e. The van der Waals surface area contributed by atoms with Crippen molar-refractivity contribution in [2.75, 3.05) is 0 Å². The molecule has 0 saturated heterocycles. The maximum absolute atomic E-state index is 13.6. The Balaban J connectivity index is 1.71. The highest BCUT2D eigenvalue weighted by Crippen LogP contribution is 2.16. The fourth-order valence-electron chi connectivity index (χ4n) is 2.65. The monoisotopic (exact) mass is 365 g/mol. The molecule has 1 aromatic heterocycles. The summed E-state index contributed by atoms with van der Waals surface area (Å²) in [6.07, 6.45) is 0.940. The molecule has 1 amide bonds. The van der Waals surface area contributed by atoms with Gasteiger partial charge in [-0.1, -0.05) is 49.4 Å². The molecule has 3 rings (SSSR count). The van der Waals surface area contributed by atoms with Gasteiger partial charge >= 0.3 is 0 Å². The Morgan fingerprint density at radius 3 is 2.52 bits per heavy atom. The molecule has 1 heterocycles. The highest BCUT2D eigenvalue weighted by Gasteiger charge is 2.09. The van der Waals surface area contributed by atoms with Gasteiger partial charge < -0.3 is 5.32 Å². The van der Waals surface area contributed by atoms with Gasteiger partial charge in [-0.05, 0) is 24.1 Å². The van der Waals surface area contributed by atoms with Gasteiger partial charge in [-0.15, -0.1) is 0 Å². The Morgan fingerprint density at radius 1 is 1.07 bits per heavy atom. The van der Waals surface area contributed by atoms with Crippen molar-refractivity contribution in [3.63, 3.8) is 0 Å². The van der Waals surface area contributed by atoms with E-state index in [1.807, 2.05) is 24.3 Å². The molecule has 0 unspecified atom stereocenters. The number of benzene rings is 2. The van der Waals surface area contributed by atoms with Crippen molar-refractivity contribution in [1.82, 2.24) is 15.1 Å². The second kappa shape index (κ2) is 8.40. The lowest BCUT2D eigenvalue weighted by molar-refractivity contribution is -0.122. The minimum absolute atomic E-state index is 0.0540. The summed E-state index contributed by atoms with van der Waals surface area (Å²) in [7, 11) is 0. The molecule has 0 radical (unpaired) electrons. The van der Waals surface area contributed by atoms with E-state index in [0.29, 0.717) is 11.3 Å². The number of nitrogens with one attached hydrogen (secondary N) is 1. The van der Waals surface area contributed by atoms with E-state index < -0.39 is 5.91 Å². The Morgan fingerprint density at radius 2 is 1.81 bits per heavy atom. The maximum Gasteiger partial charge on any atom is 0.267 e. The predicted molar refractivity (Wildman–Crippen MR) is 102 cm³/mol. The van der Waals surface area contributed by atoms with E-state index in [2.05, 4.69) is 17.3 Å². The van der Waals surface area contributed by atoms with Gasteiger partial charge in [-0.3, -0.25) is 9.59 Å². The normalized spacial score (nSPS) is 10.6. The predicted octanol–water partition coefficient (Wildman–Crippen LogP) is 2.93. The van der Waals surface area contributed by atoms with Crippen LogP contribution in [0.4, 0.5) is 4.39 Å². The number of halogens is 1. The number of carbonyl (C=O) groups is 1. The Labute approximate surface area is 156 Å². The molecular formula is C21H20FN3O2. The average Bonchev–Trinajstić information content (AvgIpc) is 2.69. The first-order chi connectivity index (χ1) is 13.1. The van der Waals surface area contributed by atoms with Crippen molar-refractivity contribution in [1.29, 1.82) is 0 Å². The number of aryl methyl sites for hydroxylation is 1. The molecule has 138 valence electrons. The van der Waals surface area contributed by atoms with Gasteiger partial charge in [0.05, 0.1) is 5.69 Å². The molecule has 0 aliphatic carbocycles. The second-order valence-corrected chi connectivity index (χ2v) is 6.13. The Bertz CT molecular complexity index is 997. The van der Waals surface area contributed by atoms with E-state index in [9.17, 15) is 14.0 Å². The van der Waals surface area contributed by atoms with Crippen LogP contribution in [0.2, 0.25) is 0 Å². The van der Waals surface area contributed by atoms with Crippen molar-refractivity contribution < 1.29 is 9.18 Å². The van der Waals surface area contributed by atoms with Crippen molar-refractivity contribution in [2.24, 2.45) is 0 Å². The summed E-state index contributed by atoms with van der Waals surface area (Å²) < 4.78 is 14.7. The minimum atomic E-state index is -0.411. The van der Waals surface area contributed by atoms with Gasteiger partial charge in [-0.25, -0.2) is 9.07 Å². The summed E-state index contributed by atoms with van der Waals surface area (Å²) in [6.45, 7) is 1.90. The lowest BCUT2D eigenvalue weighted by Gasteiger charge is -2.09. The van der Waals surface area contributed by atoms with Crippen LogP contribution >= 0.6 is 0 Å². The summed E-state index contributed by atoms with van der Waals surface area (Å²) in [5.74, 6) is -0.794. The first-order valence-electron chi connectivity index (χ1n) is 8.74. The van der Waals surface area contributed by atoms with Crippen molar-refractivity contribution >= 4 is 5.91 Å². The van der Waals surface area contributed by atoms with E-state index in [0.717, 1.165) is 16.7 Å². The number of hydrogen-bond acceptors (Lipinski definition) is 3. The molecule has 0 aliphatic rings. The number of rotatable bonds is 6. The number of aromatic nitrogens is 2. The lowest BCUT2D eigenvalue weighted by atomic mass is 10.1. The van der Waals surface area contributed by atoms with Crippen molar-refractivity contribution in [3.8, 4) is 11.3 Å². The van der Waals surface area contributed by atoms with Gasteiger partial charge in [0, 0.05) is 23.7 Å². The summed E-state index contributed by atoms with van der Waals surface area (Å²) in [6, 6.07) is 17.1.